The molecule has 1 amide bonds. The maximum absolute atomic E-state index is 11.5. The molecule has 1 fully saturated rings. The Balaban J connectivity index is 2.03. The van der Waals surface area contributed by atoms with E-state index < -0.39 is 0 Å². The van der Waals surface area contributed by atoms with Crippen LogP contribution in [-0.2, 0) is 4.79 Å². The first-order chi connectivity index (χ1) is 6.70. The maximum Gasteiger partial charge on any atom is 0.237 e. The van der Waals surface area contributed by atoms with Gasteiger partial charge in [0.15, 0.2) is 0 Å². The van der Waals surface area contributed by atoms with Gasteiger partial charge in [-0.3, -0.25) is 4.79 Å². The van der Waals surface area contributed by atoms with Crippen molar-refractivity contribution in [3.63, 3.8) is 0 Å². The van der Waals surface area contributed by atoms with E-state index >= 15 is 0 Å². The lowest BCUT2D eigenvalue weighted by Gasteiger charge is -2.12. The fourth-order valence-electron chi connectivity index (χ4n) is 1.64. The highest BCUT2D eigenvalue weighted by Crippen LogP contribution is 2.04. The van der Waals surface area contributed by atoms with Crippen LogP contribution in [0.25, 0.3) is 0 Å². The van der Waals surface area contributed by atoms with Crippen molar-refractivity contribution < 1.29 is 4.79 Å². The van der Waals surface area contributed by atoms with Gasteiger partial charge < -0.3 is 15.5 Å². The van der Waals surface area contributed by atoms with E-state index in [0.29, 0.717) is 0 Å². The molecule has 1 aliphatic rings. The van der Waals surface area contributed by atoms with E-state index in [1.807, 2.05) is 14.1 Å². The van der Waals surface area contributed by atoms with Crippen LogP contribution in [0.4, 0.5) is 0 Å². The molecule has 0 spiro atoms. The van der Waals surface area contributed by atoms with E-state index in [0.717, 1.165) is 38.9 Å². The minimum Gasteiger partial charge on any atom is -0.355 e. The van der Waals surface area contributed by atoms with Crippen molar-refractivity contribution in [2.75, 3.05) is 33.7 Å². The third-order valence-corrected chi connectivity index (χ3v) is 2.46. The topological polar surface area (TPSA) is 44.4 Å². The Bertz CT molecular complexity index is 176. The number of nitrogens with zero attached hydrogens (tertiary/aromatic N) is 1. The van der Waals surface area contributed by atoms with Crippen molar-refractivity contribution >= 4 is 5.91 Å². The molecule has 4 nitrogen and oxygen atoms in total. The van der Waals surface area contributed by atoms with Gasteiger partial charge >= 0.3 is 0 Å². The summed E-state index contributed by atoms with van der Waals surface area (Å²) in [4.78, 5) is 13.6. The zero-order valence-electron chi connectivity index (χ0n) is 9.18. The molecule has 1 rings (SSSR count). The number of hydrogen-bond acceptors (Lipinski definition) is 3. The summed E-state index contributed by atoms with van der Waals surface area (Å²) < 4.78 is 0. The molecule has 2 N–H and O–H groups in total. The van der Waals surface area contributed by atoms with Crippen molar-refractivity contribution in [3.05, 3.63) is 0 Å². The fraction of sp³-hybridized carbons (Fsp3) is 0.900. The third-order valence-electron chi connectivity index (χ3n) is 2.46. The predicted molar refractivity (Wildman–Crippen MR) is 57.2 cm³/mol. The Hall–Kier alpha value is -0.610. The second-order valence-electron chi connectivity index (χ2n) is 4.10. The van der Waals surface area contributed by atoms with E-state index in [9.17, 15) is 4.79 Å². The Labute approximate surface area is 86.0 Å². The minimum atomic E-state index is 0.0642. The van der Waals surface area contributed by atoms with Gasteiger partial charge in [0, 0.05) is 6.54 Å². The Kier molecular flexibility index (Phi) is 4.90. The molecule has 1 saturated heterocycles. The van der Waals surface area contributed by atoms with E-state index in [1.165, 1.54) is 0 Å². The van der Waals surface area contributed by atoms with Crippen molar-refractivity contribution in [1.29, 1.82) is 0 Å². The number of carbonyl (C=O) groups is 1. The van der Waals surface area contributed by atoms with Crippen molar-refractivity contribution in [2.45, 2.75) is 25.3 Å². The minimum absolute atomic E-state index is 0.0642. The third kappa shape index (κ3) is 4.07. The van der Waals surface area contributed by atoms with Crippen LogP contribution in [0, 0.1) is 0 Å². The van der Waals surface area contributed by atoms with Gasteiger partial charge in [0.2, 0.25) is 5.91 Å². The molecule has 4 heteroatoms. The largest absolute Gasteiger partial charge is 0.355 e. The van der Waals surface area contributed by atoms with Gasteiger partial charge in [-0.05, 0) is 46.4 Å². The van der Waals surface area contributed by atoms with Crippen LogP contribution in [0.5, 0.6) is 0 Å². The smallest absolute Gasteiger partial charge is 0.237 e. The van der Waals surface area contributed by atoms with Crippen LogP contribution < -0.4 is 10.6 Å². The summed E-state index contributed by atoms with van der Waals surface area (Å²) in [7, 11) is 4.08. The van der Waals surface area contributed by atoms with Crippen molar-refractivity contribution in [3.8, 4) is 0 Å². The molecule has 1 aliphatic heterocycles. The molecule has 1 heterocycles. The number of hydrogen-bond donors (Lipinski definition) is 2. The summed E-state index contributed by atoms with van der Waals surface area (Å²) in [5.74, 6) is 0.168. The molecule has 0 aliphatic carbocycles. The first-order valence-corrected chi connectivity index (χ1v) is 5.36. The number of nitrogens with one attached hydrogen (secondary N) is 2. The molecule has 0 saturated carbocycles. The van der Waals surface area contributed by atoms with Gasteiger partial charge in [0.05, 0.1) is 6.04 Å². The van der Waals surface area contributed by atoms with Gasteiger partial charge in [0.25, 0.3) is 0 Å². The lowest BCUT2D eigenvalue weighted by Crippen LogP contribution is -2.41. The molecule has 82 valence electrons. The first-order valence-electron chi connectivity index (χ1n) is 5.36. The van der Waals surface area contributed by atoms with E-state index in [2.05, 4.69) is 15.5 Å². The second kappa shape index (κ2) is 5.98. The average Bonchev–Trinajstić information content (AvgIpc) is 2.64. The van der Waals surface area contributed by atoms with E-state index in [1.54, 1.807) is 0 Å². The van der Waals surface area contributed by atoms with Gasteiger partial charge in [-0.1, -0.05) is 0 Å². The van der Waals surface area contributed by atoms with Crippen molar-refractivity contribution in [1.82, 2.24) is 15.5 Å². The zero-order valence-corrected chi connectivity index (χ0v) is 9.18. The predicted octanol–water partition coefficient (Wildman–Crippen LogP) is -0.194. The number of carbonyl (C=O) groups excluding carboxylic acids is 1. The van der Waals surface area contributed by atoms with Crippen LogP contribution in [0.3, 0.4) is 0 Å². The van der Waals surface area contributed by atoms with Gasteiger partial charge in [0.1, 0.15) is 0 Å². The standard InChI is InChI=1S/C10H21N3O/c1-13(2)8-4-7-12-10(14)9-5-3-6-11-9/h9,11H,3-8H2,1-2H3,(H,12,14)/t9-/m1/s1. The van der Waals surface area contributed by atoms with Crippen LogP contribution in [-0.4, -0.2) is 50.6 Å². The maximum atomic E-state index is 11.5. The van der Waals surface area contributed by atoms with Gasteiger partial charge in [-0.2, -0.15) is 0 Å². The van der Waals surface area contributed by atoms with Crippen LogP contribution in [0.1, 0.15) is 19.3 Å². The van der Waals surface area contributed by atoms with E-state index in [-0.39, 0.29) is 11.9 Å². The van der Waals surface area contributed by atoms with Gasteiger partial charge in [-0.25, -0.2) is 0 Å². The number of rotatable bonds is 5. The summed E-state index contributed by atoms with van der Waals surface area (Å²) in [6.45, 7) is 2.79. The molecular weight excluding hydrogens is 178 g/mol. The molecular formula is C10H21N3O. The van der Waals surface area contributed by atoms with Crippen LogP contribution >= 0.6 is 0 Å². The normalized spacial score (nSPS) is 21.5. The molecule has 0 unspecified atom stereocenters. The second-order valence-corrected chi connectivity index (χ2v) is 4.10. The fourth-order valence-corrected chi connectivity index (χ4v) is 1.64. The van der Waals surface area contributed by atoms with Crippen LogP contribution in [0.2, 0.25) is 0 Å². The molecule has 14 heavy (non-hydrogen) atoms. The Morgan fingerprint density at radius 2 is 2.36 bits per heavy atom. The number of amides is 1. The van der Waals surface area contributed by atoms with Crippen LogP contribution in [0.15, 0.2) is 0 Å². The highest BCUT2D eigenvalue weighted by atomic mass is 16.2. The molecule has 0 bridgehead atoms. The molecule has 0 aromatic heterocycles. The Morgan fingerprint density at radius 3 is 2.93 bits per heavy atom. The SMILES string of the molecule is CN(C)CCCNC(=O)[C@H]1CCCN1. The highest BCUT2D eigenvalue weighted by Gasteiger charge is 2.20. The molecule has 0 radical (unpaired) electrons. The average molecular weight is 199 g/mol. The summed E-state index contributed by atoms with van der Waals surface area (Å²) in [5.41, 5.74) is 0. The summed E-state index contributed by atoms with van der Waals surface area (Å²) in [5, 5.41) is 6.14. The lowest BCUT2D eigenvalue weighted by atomic mass is 10.2. The molecule has 0 aromatic carbocycles. The quantitative estimate of drug-likeness (QED) is 0.603. The Morgan fingerprint density at radius 1 is 1.57 bits per heavy atom. The van der Waals surface area contributed by atoms with E-state index in [4.69, 9.17) is 0 Å². The molecule has 0 aromatic rings. The van der Waals surface area contributed by atoms with Gasteiger partial charge in [-0.15, -0.1) is 0 Å². The first kappa shape index (κ1) is 11.5. The molecule has 1 atom stereocenters. The summed E-state index contributed by atoms with van der Waals surface area (Å²) >= 11 is 0. The highest BCUT2D eigenvalue weighted by molar-refractivity contribution is 5.81. The summed E-state index contributed by atoms with van der Waals surface area (Å²) in [6.07, 6.45) is 3.13. The summed E-state index contributed by atoms with van der Waals surface area (Å²) in [6, 6.07) is 0.0642. The zero-order chi connectivity index (χ0) is 10.4. The van der Waals surface area contributed by atoms with Crippen molar-refractivity contribution in [2.24, 2.45) is 0 Å². The lowest BCUT2D eigenvalue weighted by molar-refractivity contribution is -0.122. The monoisotopic (exact) mass is 199 g/mol.